The lowest BCUT2D eigenvalue weighted by Crippen LogP contribution is -2.04. The highest BCUT2D eigenvalue weighted by atomic mass is 32.1. The maximum Gasteiger partial charge on any atom is 0.425 e. The number of rotatable bonds is 4. The number of halogens is 6. The summed E-state index contributed by atoms with van der Waals surface area (Å²) in [5.41, 5.74) is 0.691. The molecule has 0 aromatic carbocycles. The Bertz CT molecular complexity index is 841. The zero-order valence-electron chi connectivity index (χ0n) is 14.4. The van der Waals surface area contributed by atoms with Crippen LogP contribution in [0.3, 0.4) is 0 Å². The van der Waals surface area contributed by atoms with Crippen molar-refractivity contribution in [3.63, 3.8) is 0 Å². The minimum absolute atomic E-state index is 0.0246. The van der Waals surface area contributed by atoms with Gasteiger partial charge in [-0.3, -0.25) is 4.79 Å². The van der Waals surface area contributed by atoms with Gasteiger partial charge in [-0.25, -0.2) is 0 Å². The molecule has 0 unspecified atom stereocenters. The van der Waals surface area contributed by atoms with Crippen LogP contribution in [-0.4, -0.2) is 11.4 Å². The Morgan fingerprint density at radius 3 is 1.75 bits per heavy atom. The quantitative estimate of drug-likeness (QED) is 0.428. The van der Waals surface area contributed by atoms with E-state index in [9.17, 15) is 31.1 Å². The van der Waals surface area contributed by atoms with Crippen molar-refractivity contribution in [3.8, 4) is 0 Å². The van der Waals surface area contributed by atoms with Crippen LogP contribution in [0.5, 0.6) is 0 Å². The van der Waals surface area contributed by atoms with Gasteiger partial charge in [0, 0.05) is 4.88 Å². The average Bonchev–Trinajstić information content (AvgIpc) is 3.54. The van der Waals surface area contributed by atoms with E-state index in [1.165, 1.54) is 12.1 Å². The van der Waals surface area contributed by atoms with Gasteiger partial charge < -0.3 is 5.11 Å². The molecule has 10 heteroatoms. The molecular weight excluding hydrogens is 426 g/mol. The third kappa shape index (κ3) is 4.96. The molecule has 2 aromatic heterocycles. The largest absolute Gasteiger partial charge is 0.425 e. The van der Waals surface area contributed by atoms with Crippen molar-refractivity contribution in [2.75, 3.05) is 0 Å². The van der Waals surface area contributed by atoms with E-state index < -0.39 is 22.1 Å². The lowest BCUT2D eigenvalue weighted by atomic mass is 10.1. The molecule has 0 atom stereocenters. The predicted molar refractivity (Wildman–Crippen MR) is 93.9 cm³/mol. The van der Waals surface area contributed by atoms with Crippen molar-refractivity contribution in [2.45, 2.75) is 56.5 Å². The number of thiophene rings is 2. The monoisotopic (exact) mass is 442 g/mol. The number of aldehydes is 1. The van der Waals surface area contributed by atoms with Crippen LogP contribution in [0.15, 0.2) is 12.1 Å². The first-order chi connectivity index (χ1) is 13.0. The standard InChI is InChI=1S/C9H9F3OS.C9H7F3OS/c2*10-9(11,12)8-7(5-1-2-5)3-6(4-13)14-8/h3,5,13H,1-2,4H2;3-5H,1-2H2. The van der Waals surface area contributed by atoms with Gasteiger partial charge in [-0.15, -0.1) is 22.7 Å². The van der Waals surface area contributed by atoms with Gasteiger partial charge in [0.15, 0.2) is 6.29 Å². The van der Waals surface area contributed by atoms with E-state index in [1.54, 1.807) is 0 Å². The number of alkyl halides is 6. The Labute approximate surface area is 164 Å². The molecule has 0 saturated heterocycles. The van der Waals surface area contributed by atoms with Gasteiger partial charge in [-0.2, -0.15) is 26.3 Å². The predicted octanol–water partition coefficient (Wildman–Crippen LogP) is 6.59. The molecule has 2 aromatic rings. The van der Waals surface area contributed by atoms with E-state index in [4.69, 9.17) is 5.11 Å². The van der Waals surface area contributed by atoms with Crippen LogP contribution < -0.4 is 0 Å². The molecule has 0 amide bonds. The van der Waals surface area contributed by atoms with Crippen LogP contribution in [-0.2, 0) is 19.0 Å². The molecule has 2 saturated carbocycles. The highest BCUT2D eigenvalue weighted by Crippen LogP contribution is 2.50. The molecule has 2 fully saturated rings. The second-order valence-electron chi connectivity index (χ2n) is 6.75. The minimum atomic E-state index is -4.32. The fraction of sp³-hybridized carbons (Fsp3) is 0.500. The van der Waals surface area contributed by atoms with Crippen LogP contribution in [0.25, 0.3) is 0 Å². The molecule has 4 rings (SSSR count). The number of aliphatic hydroxyl groups excluding tert-OH is 1. The summed E-state index contributed by atoms with van der Waals surface area (Å²) in [6.45, 7) is -0.305. The molecule has 0 bridgehead atoms. The van der Waals surface area contributed by atoms with Gasteiger partial charge in [0.1, 0.15) is 9.75 Å². The van der Waals surface area contributed by atoms with Crippen molar-refractivity contribution >= 4 is 29.0 Å². The zero-order chi connectivity index (χ0) is 20.7. The third-order valence-corrected chi connectivity index (χ3v) is 6.71. The second kappa shape index (κ2) is 7.79. The summed E-state index contributed by atoms with van der Waals surface area (Å²) in [6.07, 6.45) is -4.82. The van der Waals surface area contributed by atoms with Crippen LogP contribution >= 0.6 is 22.7 Å². The fourth-order valence-electron chi connectivity index (χ4n) is 2.86. The van der Waals surface area contributed by atoms with Gasteiger partial charge in [0.25, 0.3) is 0 Å². The minimum Gasteiger partial charge on any atom is -0.391 e. The summed E-state index contributed by atoms with van der Waals surface area (Å²) >= 11 is 1.20. The summed E-state index contributed by atoms with van der Waals surface area (Å²) in [5, 5.41) is 8.79. The van der Waals surface area contributed by atoms with Crippen molar-refractivity contribution in [3.05, 3.63) is 42.8 Å². The van der Waals surface area contributed by atoms with E-state index in [0.717, 1.165) is 25.7 Å². The molecule has 0 aliphatic heterocycles. The van der Waals surface area contributed by atoms with E-state index in [-0.39, 0.29) is 23.3 Å². The first-order valence-electron chi connectivity index (χ1n) is 8.51. The van der Waals surface area contributed by atoms with E-state index in [1.807, 2.05) is 0 Å². The molecule has 0 radical (unpaired) electrons. The molecule has 28 heavy (non-hydrogen) atoms. The number of hydrogen-bond acceptors (Lipinski definition) is 4. The average molecular weight is 442 g/mol. The molecule has 2 heterocycles. The van der Waals surface area contributed by atoms with Crippen molar-refractivity contribution in [2.24, 2.45) is 0 Å². The first kappa shape index (κ1) is 21.3. The van der Waals surface area contributed by atoms with E-state index >= 15 is 0 Å². The fourth-order valence-corrected chi connectivity index (χ4v) is 4.76. The van der Waals surface area contributed by atoms with Gasteiger partial charge in [0.05, 0.1) is 11.5 Å². The Morgan fingerprint density at radius 1 is 0.893 bits per heavy atom. The van der Waals surface area contributed by atoms with Crippen LogP contribution in [0, 0.1) is 0 Å². The van der Waals surface area contributed by atoms with Gasteiger partial charge in [-0.1, -0.05) is 0 Å². The third-order valence-electron chi connectivity index (χ3n) is 4.41. The smallest absolute Gasteiger partial charge is 0.391 e. The number of carbonyl (C=O) groups excluding carboxylic acids is 1. The van der Waals surface area contributed by atoms with Crippen molar-refractivity contribution in [1.29, 1.82) is 0 Å². The summed E-state index contributed by atoms with van der Waals surface area (Å²) in [5.74, 6) is 0.0970. The summed E-state index contributed by atoms with van der Waals surface area (Å²) in [7, 11) is 0. The second-order valence-corrected chi connectivity index (χ2v) is 8.97. The number of hydrogen-bond donors (Lipinski definition) is 1. The Kier molecular flexibility index (Phi) is 5.94. The SMILES string of the molecule is O=Cc1cc(C2CC2)c(C(F)(F)F)s1.OCc1cc(C2CC2)c(C(F)(F)F)s1. The zero-order valence-corrected chi connectivity index (χ0v) is 16.0. The van der Waals surface area contributed by atoms with Crippen molar-refractivity contribution < 1.29 is 36.2 Å². The Hall–Kier alpha value is -1.39. The van der Waals surface area contributed by atoms with E-state index in [0.29, 0.717) is 45.0 Å². The Balaban J connectivity index is 0.000000161. The molecule has 2 aliphatic rings. The summed E-state index contributed by atoms with van der Waals surface area (Å²) in [6, 6.07) is 2.86. The summed E-state index contributed by atoms with van der Waals surface area (Å²) in [4.78, 5) is 9.83. The lowest BCUT2D eigenvalue weighted by molar-refractivity contribution is -0.135. The molecule has 0 spiro atoms. The normalized spacial score (nSPS) is 17.2. The van der Waals surface area contributed by atoms with Crippen molar-refractivity contribution in [1.82, 2.24) is 0 Å². The first-order valence-corrected chi connectivity index (χ1v) is 10.1. The highest BCUT2D eigenvalue weighted by Gasteiger charge is 2.41. The number of carbonyl (C=O) groups is 1. The van der Waals surface area contributed by atoms with Crippen LogP contribution in [0.2, 0.25) is 0 Å². The van der Waals surface area contributed by atoms with Crippen LogP contribution in [0.4, 0.5) is 26.3 Å². The van der Waals surface area contributed by atoms with E-state index in [2.05, 4.69) is 0 Å². The van der Waals surface area contributed by atoms with Crippen LogP contribution in [0.1, 0.15) is 72.9 Å². The molecule has 2 aliphatic carbocycles. The maximum absolute atomic E-state index is 12.5. The summed E-state index contributed by atoms with van der Waals surface area (Å²) < 4.78 is 75.0. The van der Waals surface area contributed by atoms with Gasteiger partial charge >= 0.3 is 12.4 Å². The highest BCUT2D eigenvalue weighted by molar-refractivity contribution is 7.14. The topological polar surface area (TPSA) is 37.3 Å². The van der Waals surface area contributed by atoms with Gasteiger partial charge in [-0.05, 0) is 60.8 Å². The molecule has 2 nitrogen and oxygen atoms in total. The Morgan fingerprint density at radius 2 is 1.36 bits per heavy atom. The molecular formula is C18H16F6O2S2. The molecule has 154 valence electrons. The maximum atomic E-state index is 12.5. The molecule has 1 N–H and O–H groups in total. The number of aliphatic hydroxyl groups is 1. The van der Waals surface area contributed by atoms with Gasteiger partial charge in [0.2, 0.25) is 0 Å². The lowest BCUT2D eigenvalue weighted by Gasteiger charge is -2.05.